The van der Waals surface area contributed by atoms with Gasteiger partial charge in [0.2, 0.25) is 0 Å². The molecular weight excluding hydrogens is 248 g/mol. The Labute approximate surface area is 126 Å². The molecule has 0 rings (SSSR count). The minimum absolute atomic E-state index is 0.0314. The SMILES string of the molecule is C=C(COCCCCCCCCCCCCC)C(C)=O. The van der Waals surface area contributed by atoms with E-state index < -0.39 is 0 Å². The van der Waals surface area contributed by atoms with Gasteiger partial charge >= 0.3 is 0 Å². The van der Waals surface area contributed by atoms with Crippen molar-refractivity contribution in [1.29, 1.82) is 0 Å². The van der Waals surface area contributed by atoms with Crippen molar-refractivity contribution in [2.45, 2.75) is 84.5 Å². The first kappa shape index (κ1) is 19.4. The van der Waals surface area contributed by atoms with Crippen LogP contribution < -0.4 is 0 Å². The number of Topliss-reactive ketones (excluding diaryl/α,β-unsaturated/α-hetero) is 1. The Kier molecular flexibility index (Phi) is 14.3. The van der Waals surface area contributed by atoms with Crippen LogP contribution in [-0.2, 0) is 9.53 Å². The molecule has 0 radical (unpaired) electrons. The number of rotatable bonds is 15. The summed E-state index contributed by atoms with van der Waals surface area (Å²) in [5, 5.41) is 0. The Hall–Kier alpha value is -0.630. The van der Waals surface area contributed by atoms with E-state index >= 15 is 0 Å². The van der Waals surface area contributed by atoms with Crippen molar-refractivity contribution >= 4 is 5.78 Å². The molecule has 118 valence electrons. The van der Waals surface area contributed by atoms with Crippen molar-refractivity contribution in [2.75, 3.05) is 13.2 Å². The van der Waals surface area contributed by atoms with Gasteiger partial charge in [-0.15, -0.1) is 0 Å². The van der Waals surface area contributed by atoms with Crippen molar-refractivity contribution in [1.82, 2.24) is 0 Å². The molecule has 0 amide bonds. The smallest absolute Gasteiger partial charge is 0.157 e. The highest BCUT2D eigenvalue weighted by molar-refractivity contribution is 5.92. The van der Waals surface area contributed by atoms with Crippen molar-refractivity contribution < 1.29 is 9.53 Å². The van der Waals surface area contributed by atoms with Crippen LogP contribution in [0.5, 0.6) is 0 Å². The fourth-order valence-corrected chi connectivity index (χ4v) is 2.17. The van der Waals surface area contributed by atoms with Crippen LogP contribution in [0.25, 0.3) is 0 Å². The molecule has 0 heterocycles. The van der Waals surface area contributed by atoms with Crippen LogP contribution in [0, 0.1) is 0 Å². The highest BCUT2D eigenvalue weighted by Crippen LogP contribution is 2.11. The molecule has 0 unspecified atom stereocenters. The molecule has 0 aliphatic heterocycles. The minimum Gasteiger partial charge on any atom is -0.377 e. The highest BCUT2D eigenvalue weighted by atomic mass is 16.5. The van der Waals surface area contributed by atoms with Gasteiger partial charge in [0, 0.05) is 12.2 Å². The van der Waals surface area contributed by atoms with E-state index in [1.807, 2.05) is 0 Å². The number of hydrogen-bond acceptors (Lipinski definition) is 2. The molecule has 0 bridgehead atoms. The van der Waals surface area contributed by atoms with Crippen LogP contribution in [0.3, 0.4) is 0 Å². The molecule has 0 aromatic heterocycles. The molecule has 0 aromatic rings. The summed E-state index contributed by atoms with van der Waals surface area (Å²) in [7, 11) is 0. The number of carbonyl (C=O) groups excluding carboxylic acids is 1. The third-order valence-corrected chi connectivity index (χ3v) is 3.67. The van der Waals surface area contributed by atoms with E-state index in [1.165, 1.54) is 71.1 Å². The second kappa shape index (κ2) is 14.8. The normalized spacial score (nSPS) is 10.7. The molecule has 20 heavy (non-hydrogen) atoms. The van der Waals surface area contributed by atoms with Gasteiger partial charge in [0.15, 0.2) is 5.78 Å². The molecule has 2 heteroatoms. The molecule has 0 N–H and O–H groups in total. The van der Waals surface area contributed by atoms with E-state index in [1.54, 1.807) is 0 Å². The van der Waals surface area contributed by atoms with Gasteiger partial charge in [-0.25, -0.2) is 0 Å². The van der Waals surface area contributed by atoms with Gasteiger partial charge in [0.25, 0.3) is 0 Å². The molecule has 0 fully saturated rings. The number of hydrogen-bond donors (Lipinski definition) is 0. The van der Waals surface area contributed by atoms with Gasteiger partial charge < -0.3 is 4.74 Å². The topological polar surface area (TPSA) is 26.3 Å². The average molecular weight is 282 g/mol. The lowest BCUT2D eigenvalue weighted by atomic mass is 10.1. The maximum Gasteiger partial charge on any atom is 0.157 e. The first-order valence-corrected chi connectivity index (χ1v) is 8.45. The molecule has 0 aromatic carbocycles. The van der Waals surface area contributed by atoms with Crippen molar-refractivity contribution in [3.63, 3.8) is 0 Å². The van der Waals surface area contributed by atoms with Crippen LogP contribution in [-0.4, -0.2) is 19.0 Å². The fraction of sp³-hybridized carbons (Fsp3) is 0.833. The largest absolute Gasteiger partial charge is 0.377 e. The Morgan fingerprint density at radius 1 is 0.850 bits per heavy atom. The second-order valence-corrected chi connectivity index (χ2v) is 5.75. The molecule has 0 atom stereocenters. The lowest BCUT2D eigenvalue weighted by molar-refractivity contribution is -0.114. The van der Waals surface area contributed by atoms with E-state index in [0.29, 0.717) is 12.2 Å². The highest BCUT2D eigenvalue weighted by Gasteiger charge is 1.99. The Morgan fingerprint density at radius 2 is 1.30 bits per heavy atom. The number of ketones is 1. The molecule has 0 spiro atoms. The van der Waals surface area contributed by atoms with E-state index in [4.69, 9.17) is 4.74 Å². The van der Waals surface area contributed by atoms with Crippen LogP contribution in [0.15, 0.2) is 12.2 Å². The van der Waals surface area contributed by atoms with Crippen molar-refractivity contribution in [2.24, 2.45) is 0 Å². The van der Waals surface area contributed by atoms with Crippen LogP contribution in [0.4, 0.5) is 0 Å². The summed E-state index contributed by atoms with van der Waals surface area (Å²) in [4.78, 5) is 10.9. The quantitative estimate of drug-likeness (QED) is 0.294. The summed E-state index contributed by atoms with van der Waals surface area (Å²) in [5.74, 6) is 0.0314. The van der Waals surface area contributed by atoms with E-state index in [2.05, 4.69) is 13.5 Å². The second-order valence-electron chi connectivity index (χ2n) is 5.75. The van der Waals surface area contributed by atoms with E-state index in [9.17, 15) is 4.79 Å². The molecule has 0 saturated carbocycles. The Bertz CT molecular complexity index is 246. The number of carbonyl (C=O) groups is 1. The van der Waals surface area contributed by atoms with E-state index in [0.717, 1.165) is 13.0 Å². The molecule has 0 aliphatic carbocycles. The van der Waals surface area contributed by atoms with Gasteiger partial charge in [0.05, 0.1) is 6.61 Å². The predicted molar refractivity (Wildman–Crippen MR) is 87.1 cm³/mol. The molecule has 0 aliphatic rings. The van der Waals surface area contributed by atoms with Crippen LogP contribution in [0.1, 0.15) is 84.5 Å². The van der Waals surface area contributed by atoms with Crippen LogP contribution in [0.2, 0.25) is 0 Å². The lowest BCUT2D eigenvalue weighted by Crippen LogP contribution is -2.05. The van der Waals surface area contributed by atoms with Crippen molar-refractivity contribution in [3.8, 4) is 0 Å². The van der Waals surface area contributed by atoms with Gasteiger partial charge in [-0.05, 0) is 13.3 Å². The lowest BCUT2D eigenvalue weighted by Gasteiger charge is -2.05. The molecule has 0 saturated heterocycles. The zero-order valence-electron chi connectivity index (χ0n) is 13.7. The van der Waals surface area contributed by atoms with E-state index in [-0.39, 0.29) is 5.78 Å². The maximum absolute atomic E-state index is 10.9. The Balaban J connectivity index is 3.06. The third-order valence-electron chi connectivity index (χ3n) is 3.67. The fourth-order valence-electron chi connectivity index (χ4n) is 2.17. The first-order valence-electron chi connectivity index (χ1n) is 8.45. The summed E-state index contributed by atoms with van der Waals surface area (Å²) < 4.78 is 5.42. The number of ether oxygens (including phenoxy) is 1. The minimum atomic E-state index is 0.0314. The first-order chi connectivity index (χ1) is 9.68. The summed E-state index contributed by atoms with van der Waals surface area (Å²) >= 11 is 0. The summed E-state index contributed by atoms with van der Waals surface area (Å²) in [6.07, 6.45) is 14.8. The third kappa shape index (κ3) is 13.8. The molecular formula is C18H34O2. The summed E-state index contributed by atoms with van der Waals surface area (Å²) in [5.41, 5.74) is 0.577. The van der Waals surface area contributed by atoms with Gasteiger partial charge in [-0.2, -0.15) is 0 Å². The summed E-state index contributed by atoms with van der Waals surface area (Å²) in [6.45, 7) is 8.62. The van der Waals surface area contributed by atoms with Gasteiger partial charge in [0.1, 0.15) is 0 Å². The summed E-state index contributed by atoms with van der Waals surface area (Å²) in [6, 6.07) is 0. The average Bonchev–Trinajstić information content (AvgIpc) is 2.43. The molecule has 2 nitrogen and oxygen atoms in total. The van der Waals surface area contributed by atoms with Gasteiger partial charge in [-0.3, -0.25) is 4.79 Å². The van der Waals surface area contributed by atoms with Gasteiger partial charge in [-0.1, -0.05) is 77.7 Å². The monoisotopic (exact) mass is 282 g/mol. The number of unbranched alkanes of at least 4 members (excludes halogenated alkanes) is 10. The Morgan fingerprint density at radius 3 is 1.75 bits per heavy atom. The van der Waals surface area contributed by atoms with Crippen LogP contribution >= 0.6 is 0 Å². The standard InChI is InChI=1S/C18H34O2/c1-4-5-6-7-8-9-10-11-12-13-14-15-20-16-17(2)18(3)19/h2,4-16H2,1,3H3. The maximum atomic E-state index is 10.9. The zero-order chi connectivity index (χ0) is 15.1. The van der Waals surface area contributed by atoms with Crippen molar-refractivity contribution in [3.05, 3.63) is 12.2 Å². The predicted octanol–water partition coefficient (Wildman–Crippen LogP) is 5.46. The zero-order valence-corrected chi connectivity index (χ0v) is 13.7.